The molecule has 0 N–H and O–H groups in total. The molecule has 0 fully saturated rings. The molecule has 0 aliphatic carbocycles. The van der Waals surface area contributed by atoms with Gasteiger partial charge in [0.05, 0.1) is 11.6 Å². The van der Waals surface area contributed by atoms with E-state index in [1.165, 1.54) is 14.0 Å². The van der Waals surface area contributed by atoms with Gasteiger partial charge >= 0.3 is 0 Å². The topological polar surface area (TPSA) is 37.4 Å². The molecule has 2 aromatic carbocycles. The number of likely N-dealkylation sites (N-methyl/N-ethyl adjacent to an activating group) is 1. The molecule has 1 amide bonds. The molecule has 2 rings (SSSR count). The zero-order valence-electron chi connectivity index (χ0n) is 13.4. The summed E-state index contributed by atoms with van der Waals surface area (Å²) in [4.78, 5) is 25.7. The third kappa shape index (κ3) is 3.32. The molecule has 0 aliphatic rings. The zero-order chi connectivity index (χ0) is 18.0. The molecule has 0 saturated heterocycles. The third-order valence-corrected chi connectivity index (χ3v) is 3.88. The number of benzene rings is 2. The van der Waals surface area contributed by atoms with Crippen LogP contribution in [0.3, 0.4) is 0 Å². The van der Waals surface area contributed by atoms with Crippen LogP contribution in [0.25, 0.3) is 0 Å². The van der Waals surface area contributed by atoms with Crippen molar-refractivity contribution in [1.29, 1.82) is 0 Å². The van der Waals surface area contributed by atoms with Crippen LogP contribution in [0, 0.1) is 24.4 Å². The van der Waals surface area contributed by atoms with Crippen LogP contribution in [0.2, 0.25) is 0 Å². The Balaban J connectivity index is 2.25. The lowest BCUT2D eigenvalue weighted by atomic mass is 10.0. The van der Waals surface area contributed by atoms with E-state index in [0.717, 1.165) is 16.5 Å². The van der Waals surface area contributed by atoms with Gasteiger partial charge < -0.3 is 4.90 Å². The summed E-state index contributed by atoms with van der Waals surface area (Å²) in [5.41, 5.74) is 0.756. The van der Waals surface area contributed by atoms with Crippen LogP contribution in [0.5, 0.6) is 0 Å². The minimum absolute atomic E-state index is 0.339. The quantitative estimate of drug-likeness (QED) is 0.630. The Kier molecular flexibility index (Phi) is 5.07. The van der Waals surface area contributed by atoms with Gasteiger partial charge in [0.2, 0.25) is 0 Å². The second-order valence-corrected chi connectivity index (χ2v) is 5.55. The normalized spacial score (nSPS) is 11.9. The predicted octanol–water partition coefficient (Wildman–Crippen LogP) is 3.76. The van der Waals surface area contributed by atoms with Crippen LogP contribution >= 0.6 is 0 Å². The fourth-order valence-electron chi connectivity index (χ4n) is 2.19. The summed E-state index contributed by atoms with van der Waals surface area (Å²) in [7, 11) is 1.31. The minimum Gasteiger partial charge on any atom is -0.331 e. The Bertz CT molecular complexity index is 788. The number of carbonyl (C=O) groups is 2. The third-order valence-electron chi connectivity index (χ3n) is 3.88. The molecule has 0 bridgehead atoms. The van der Waals surface area contributed by atoms with Crippen molar-refractivity contribution in [3.63, 3.8) is 0 Å². The molecular weight excluding hydrogens is 319 g/mol. The highest BCUT2D eigenvalue weighted by Gasteiger charge is 2.27. The van der Waals surface area contributed by atoms with E-state index >= 15 is 0 Å². The maximum Gasteiger partial charge on any atom is 0.257 e. The van der Waals surface area contributed by atoms with Crippen molar-refractivity contribution in [1.82, 2.24) is 4.90 Å². The monoisotopic (exact) mass is 335 g/mol. The van der Waals surface area contributed by atoms with Gasteiger partial charge in [-0.05, 0) is 26.0 Å². The van der Waals surface area contributed by atoms with Gasteiger partial charge in [-0.3, -0.25) is 9.59 Å². The van der Waals surface area contributed by atoms with E-state index in [9.17, 15) is 22.8 Å². The summed E-state index contributed by atoms with van der Waals surface area (Å²) in [5, 5.41) is 0. The number of halogens is 3. The van der Waals surface area contributed by atoms with Crippen LogP contribution in [-0.2, 0) is 0 Å². The minimum atomic E-state index is -1.72. The van der Waals surface area contributed by atoms with Gasteiger partial charge in [-0.15, -0.1) is 0 Å². The molecule has 126 valence electrons. The highest BCUT2D eigenvalue weighted by atomic mass is 19.2. The summed E-state index contributed by atoms with van der Waals surface area (Å²) in [5.74, 6) is -5.91. The number of hydrogen-bond donors (Lipinski definition) is 0. The Morgan fingerprint density at radius 2 is 1.54 bits per heavy atom. The Morgan fingerprint density at radius 1 is 0.958 bits per heavy atom. The maximum absolute atomic E-state index is 13.8. The smallest absolute Gasteiger partial charge is 0.257 e. The first-order chi connectivity index (χ1) is 11.2. The van der Waals surface area contributed by atoms with Crippen LogP contribution in [0.15, 0.2) is 36.4 Å². The van der Waals surface area contributed by atoms with Gasteiger partial charge in [-0.25, -0.2) is 13.2 Å². The molecule has 3 nitrogen and oxygen atoms in total. The molecule has 1 unspecified atom stereocenters. The first-order valence-corrected chi connectivity index (χ1v) is 7.25. The lowest BCUT2D eigenvalue weighted by Crippen LogP contribution is -2.40. The lowest BCUT2D eigenvalue weighted by Gasteiger charge is -2.24. The summed E-state index contributed by atoms with van der Waals surface area (Å²) in [6, 6.07) is 7.41. The average molecular weight is 335 g/mol. The van der Waals surface area contributed by atoms with E-state index in [1.807, 2.05) is 6.92 Å². The van der Waals surface area contributed by atoms with E-state index in [-0.39, 0.29) is 5.78 Å². The van der Waals surface area contributed by atoms with Crippen LogP contribution < -0.4 is 0 Å². The van der Waals surface area contributed by atoms with Crippen molar-refractivity contribution >= 4 is 11.7 Å². The summed E-state index contributed by atoms with van der Waals surface area (Å²) in [6.07, 6.45) is 0. The molecule has 6 heteroatoms. The van der Waals surface area contributed by atoms with E-state index in [2.05, 4.69) is 0 Å². The van der Waals surface area contributed by atoms with E-state index in [4.69, 9.17) is 0 Å². The highest BCUT2D eigenvalue weighted by molar-refractivity contribution is 6.04. The number of amides is 1. The van der Waals surface area contributed by atoms with Crippen molar-refractivity contribution < 1.29 is 22.8 Å². The number of carbonyl (C=O) groups excluding carboxylic acids is 2. The summed E-state index contributed by atoms with van der Waals surface area (Å²) >= 11 is 0. The molecule has 1 atom stereocenters. The number of Topliss-reactive ketones (excluding diaryl/α,β-unsaturated/α-hetero) is 1. The number of nitrogens with zero attached hydrogens (tertiary/aromatic N) is 1. The Labute approximate surface area is 137 Å². The molecule has 0 heterocycles. The summed E-state index contributed by atoms with van der Waals surface area (Å²) in [6.45, 7) is 3.36. The van der Waals surface area contributed by atoms with Crippen molar-refractivity contribution in [3.05, 3.63) is 70.5 Å². The first kappa shape index (κ1) is 17.7. The molecule has 0 radical (unpaired) electrons. The van der Waals surface area contributed by atoms with E-state index < -0.39 is 35.0 Å². The largest absolute Gasteiger partial charge is 0.331 e. The fraction of sp³-hybridized carbons (Fsp3) is 0.222. The van der Waals surface area contributed by atoms with Gasteiger partial charge in [0.15, 0.2) is 23.2 Å². The second kappa shape index (κ2) is 6.86. The second-order valence-electron chi connectivity index (χ2n) is 5.55. The predicted molar refractivity (Wildman–Crippen MR) is 83.4 cm³/mol. The molecule has 0 aromatic heterocycles. The summed E-state index contributed by atoms with van der Waals surface area (Å²) < 4.78 is 40.0. The molecule has 2 aromatic rings. The highest BCUT2D eigenvalue weighted by Crippen LogP contribution is 2.18. The number of rotatable bonds is 4. The van der Waals surface area contributed by atoms with E-state index in [1.54, 1.807) is 24.3 Å². The molecule has 0 spiro atoms. The zero-order valence-corrected chi connectivity index (χ0v) is 13.4. The van der Waals surface area contributed by atoms with Crippen LogP contribution in [0.4, 0.5) is 13.2 Å². The Morgan fingerprint density at radius 3 is 2.12 bits per heavy atom. The standard InChI is InChI=1S/C18H16F3NO2/c1-10-4-6-12(7-5-10)17(23)11(2)22(3)18(24)13-8-9-14(19)16(21)15(13)20/h4-9,11H,1-3H3. The van der Waals surface area contributed by atoms with Gasteiger partial charge in [0, 0.05) is 12.6 Å². The molecular formula is C18H16F3NO2. The first-order valence-electron chi connectivity index (χ1n) is 7.25. The van der Waals surface area contributed by atoms with Gasteiger partial charge in [0.25, 0.3) is 5.91 Å². The molecule has 24 heavy (non-hydrogen) atoms. The van der Waals surface area contributed by atoms with Crippen molar-refractivity contribution in [2.24, 2.45) is 0 Å². The van der Waals surface area contributed by atoms with Crippen molar-refractivity contribution in [2.45, 2.75) is 19.9 Å². The molecule has 0 saturated carbocycles. The molecule has 0 aliphatic heterocycles. The number of hydrogen-bond acceptors (Lipinski definition) is 2. The van der Waals surface area contributed by atoms with Gasteiger partial charge in [0.1, 0.15) is 0 Å². The van der Waals surface area contributed by atoms with Crippen molar-refractivity contribution in [2.75, 3.05) is 7.05 Å². The maximum atomic E-state index is 13.8. The lowest BCUT2D eigenvalue weighted by molar-refractivity contribution is 0.0670. The van der Waals surface area contributed by atoms with Gasteiger partial charge in [-0.1, -0.05) is 29.8 Å². The number of ketones is 1. The van der Waals surface area contributed by atoms with Crippen LogP contribution in [0.1, 0.15) is 33.2 Å². The average Bonchev–Trinajstić information content (AvgIpc) is 2.58. The van der Waals surface area contributed by atoms with Crippen LogP contribution in [-0.4, -0.2) is 29.7 Å². The number of aryl methyl sites for hydroxylation is 1. The SMILES string of the molecule is Cc1ccc(C(=O)C(C)N(C)C(=O)c2ccc(F)c(F)c2F)cc1. The Hall–Kier alpha value is -2.63. The fourth-order valence-corrected chi connectivity index (χ4v) is 2.19. The van der Waals surface area contributed by atoms with E-state index in [0.29, 0.717) is 11.6 Å². The van der Waals surface area contributed by atoms with Crippen molar-refractivity contribution in [3.8, 4) is 0 Å². The van der Waals surface area contributed by atoms with Gasteiger partial charge in [-0.2, -0.15) is 0 Å².